The van der Waals surface area contributed by atoms with Gasteiger partial charge in [-0.3, -0.25) is 4.79 Å². The van der Waals surface area contributed by atoms with Crippen LogP contribution in [0.15, 0.2) is 48.5 Å². The number of halogens is 3. The summed E-state index contributed by atoms with van der Waals surface area (Å²) in [4.78, 5) is 18.2. The number of ether oxygens (including phenoxy) is 1. The van der Waals surface area contributed by atoms with Crippen LogP contribution in [0.25, 0.3) is 5.69 Å². The first-order valence-corrected chi connectivity index (χ1v) is 13.7. The summed E-state index contributed by atoms with van der Waals surface area (Å²) >= 11 is 0. The third kappa shape index (κ3) is 4.04. The Kier molecular flexibility index (Phi) is 5.43. The zero-order valence-corrected chi connectivity index (χ0v) is 21.9. The number of hydrogen-bond acceptors (Lipinski definition) is 4. The SMILES string of the molecule is COc1ccc(-n2nc(C(F)(F)F)c3c2C(=O)N(c2ccc(C4(CN5CCCC5)CC4)cc2)CC32CC2)cc1. The van der Waals surface area contributed by atoms with Gasteiger partial charge in [0.05, 0.1) is 12.8 Å². The number of rotatable bonds is 6. The lowest BCUT2D eigenvalue weighted by atomic mass is 9.87. The molecule has 0 unspecified atom stereocenters. The highest BCUT2D eigenvalue weighted by Crippen LogP contribution is 2.56. The molecule has 2 aliphatic heterocycles. The molecule has 2 aliphatic carbocycles. The Balaban J connectivity index is 1.26. The first-order chi connectivity index (χ1) is 18.7. The molecule has 3 fully saturated rings. The smallest absolute Gasteiger partial charge is 0.435 e. The minimum atomic E-state index is -4.66. The van der Waals surface area contributed by atoms with E-state index in [0.717, 1.165) is 19.6 Å². The number of hydrogen-bond donors (Lipinski definition) is 0. The summed E-state index contributed by atoms with van der Waals surface area (Å²) in [5.41, 5.74) is 0.951. The van der Waals surface area contributed by atoms with Crippen molar-refractivity contribution >= 4 is 11.6 Å². The van der Waals surface area contributed by atoms with Gasteiger partial charge in [0.15, 0.2) is 5.69 Å². The van der Waals surface area contributed by atoms with E-state index in [4.69, 9.17) is 4.74 Å². The minimum Gasteiger partial charge on any atom is -0.497 e. The molecule has 1 saturated heterocycles. The van der Waals surface area contributed by atoms with Gasteiger partial charge in [-0.05, 0) is 93.6 Å². The van der Waals surface area contributed by atoms with Crippen LogP contribution in [0, 0.1) is 0 Å². The topological polar surface area (TPSA) is 50.6 Å². The lowest BCUT2D eigenvalue weighted by Gasteiger charge is -2.34. The van der Waals surface area contributed by atoms with Crippen molar-refractivity contribution in [1.82, 2.24) is 14.7 Å². The summed E-state index contributed by atoms with van der Waals surface area (Å²) in [7, 11) is 1.52. The van der Waals surface area contributed by atoms with E-state index in [1.807, 2.05) is 12.1 Å². The van der Waals surface area contributed by atoms with Crippen molar-refractivity contribution in [3.05, 3.63) is 71.0 Å². The highest BCUT2D eigenvalue weighted by molar-refractivity contribution is 6.08. The van der Waals surface area contributed by atoms with Gasteiger partial charge >= 0.3 is 6.18 Å². The molecule has 1 aromatic heterocycles. The summed E-state index contributed by atoms with van der Waals surface area (Å²) in [6.45, 7) is 3.62. The number of alkyl halides is 3. The van der Waals surface area contributed by atoms with Crippen LogP contribution in [0.1, 0.15) is 65.8 Å². The van der Waals surface area contributed by atoms with Crippen LogP contribution < -0.4 is 9.64 Å². The number of amides is 1. The van der Waals surface area contributed by atoms with Crippen LogP contribution in [0.5, 0.6) is 5.75 Å². The van der Waals surface area contributed by atoms with Crippen LogP contribution in [0.3, 0.4) is 0 Å². The number of benzene rings is 2. The molecule has 0 atom stereocenters. The van der Waals surface area contributed by atoms with E-state index in [9.17, 15) is 18.0 Å². The Morgan fingerprint density at radius 1 is 0.923 bits per heavy atom. The molecule has 9 heteroatoms. The Morgan fingerprint density at radius 2 is 1.56 bits per heavy atom. The van der Waals surface area contributed by atoms with Crippen molar-refractivity contribution in [3.63, 3.8) is 0 Å². The molecule has 1 spiro atoms. The van der Waals surface area contributed by atoms with Gasteiger partial charge in [-0.25, -0.2) is 4.68 Å². The standard InChI is InChI=1S/C30H31F3N4O2/c1-39-23-10-8-22(9-11-23)37-25-24(26(34-37)30(31,32)33)29(14-15-29)19-36(27(25)38)21-6-4-20(5-7-21)28(12-13-28)18-35-16-2-3-17-35/h4-11H,2-3,12-19H2,1H3. The van der Waals surface area contributed by atoms with Crippen molar-refractivity contribution in [3.8, 4) is 11.4 Å². The monoisotopic (exact) mass is 536 g/mol. The van der Waals surface area contributed by atoms with E-state index in [2.05, 4.69) is 22.1 Å². The maximum atomic E-state index is 14.2. The fraction of sp³-hybridized carbons (Fsp3) is 0.467. The molecule has 1 amide bonds. The second kappa shape index (κ2) is 8.58. The summed E-state index contributed by atoms with van der Waals surface area (Å²) in [6.07, 6.45) is 1.39. The summed E-state index contributed by atoms with van der Waals surface area (Å²) in [5.74, 6) is 0.119. The zero-order valence-electron chi connectivity index (χ0n) is 21.9. The summed E-state index contributed by atoms with van der Waals surface area (Å²) < 4.78 is 49.1. The number of fused-ring (bicyclic) bond motifs is 2. The Hall–Kier alpha value is -3.33. The van der Waals surface area contributed by atoms with E-state index in [-0.39, 0.29) is 23.2 Å². The maximum Gasteiger partial charge on any atom is 0.435 e. The van der Waals surface area contributed by atoms with E-state index in [0.29, 0.717) is 30.0 Å². The Morgan fingerprint density at radius 3 is 2.13 bits per heavy atom. The predicted molar refractivity (Wildman–Crippen MR) is 141 cm³/mol. The zero-order chi connectivity index (χ0) is 27.0. The average Bonchev–Trinajstić information content (AvgIpc) is 3.77. The van der Waals surface area contributed by atoms with Crippen molar-refractivity contribution < 1.29 is 22.7 Å². The van der Waals surface area contributed by atoms with Crippen molar-refractivity contribution in [2.75, 3.05) is 38.2 Å². The highest BCUT2D eigenvalue weighted by Gasteiger charge is 2.58. The molecule has 204 valence electrons. The van der Waals surface area contributed by atoms with E-state index < -0.39 is 23.2 Å². The number of likely N-dealkylation sites (tertiary alicyclic amines) is 1. The highest BCUT2D eigenvalue weighted by atomic mass is 19.4. The van der Waals surface area contributed by atoms with Gasteiger partial charge in [0.25, 0.3) is 5.91 Å². The van der Waals surface area contributed by atoms with Gasteiger partial charge in [-0.2, -0.15) is 18.3 Å². The normalized spacial score (nSPS) is 21.3. The molecule has 6 nitrogen and oxygen atoms in total. The van der Waals surface area contributed by atoms with Crippen molar-refractivity contribution in [2.24, 2.45) is 0 Å². The van der Waals surface area contributed by atoms with Crippen LogP contribution in [0.2, 0.25) is 0 Å². The average molecular weight is 537 g/mol. The van der Waals surface area contributed by atoms with Gasteiger partial charge in [-0.1, -0.05) is 12.1 Å². The van der Waals surface area contributed by atoms with Crippen molar-refractivity contribution in [2.45, 2.75) is 55.5 Å². The first-order valence-electron chi connectivity index (χ1n) is 13.7. The number of carbonyl (C=O) groups excluding carboxylic acids is 1. The van der Waals surface area contributed by atoms with Gasteiger partial charge < -0.3 is 14.5 Å². The fourth-order valence-corrected chi connectivity index (χ4v) is 6.63. The number of aromatic nitrogens is 2. The molecular weight excluding hydrogens is 505 g/mol. The van der Waals surface area contributed by atoms with E-state index in [1.165, 1.54) is 43.0 Å². The molecule has 2 aromatic carbocycles. The quantitative estimate of drug-likeness (QED) is 0.405. The molecule has 7 rings (SSSR count). The summed E-state index contributed by atoms with van der Waals surface area (Å²) in [6, 6.07) is 14.7. The minimum absolute atomic E-state index is 0.00742. The molecule has 0 radical (unpaired) electrons. The van der Waals surface area contributed by atoms with Crippen LogP contribution in [-0.2, 0) is 17.0 Å². The van der Waals surface area contributed by atoms with Gasteiger partial charge in [0.2, 0.25) is 0 Å². The van der Waals surface area contributed by atoms with Crippen LogP contribution >= 0.6 is 0 Å². The number of anilines is 1. The molecule has 4 aliphatic rings. The number of methoxy groups -OCH3 is 1. The van der Waals surface area contributed by atoms with Gasteiger partial charge in [0, 0.05) is 35.2 Å². The fourth-order valence-electron chi connectivity index (χ4n) is 6.63. The molecule has 39 heavy (non-hydrogen) atoms. The lowest BCUT2D eigenvalue weighted by Crippen LogP contribution is -2.44. The molecule has 0 bridgehead atoms. The number of carbonyl (C=O) groups is 1. The molecule has 0 N–H and O–H groups in total. The summed E-state index contributed by atoms with van der Waals surface area (Å²) in [5, 5.41) is 4.01. The lowest BCUT2D eigenvalue weighted by molar-refractivity contribution is -0.142. The third-order valence-corrected chi connectivity index (χ3v) is 9.13. The van der Waals surface area contributed by atoms with E-state index in [1.54, 1.807) is 29.2 Å². The first kappa shape index (κ1) is 24.7. The van der Waals surface area contributed by atoms with Crippen LogP contribution in [0.4, 0.5) is 18.9 Å². The Bertz CT molecular complexity index is 1410. The van der Waals surface area contributed by atoms with E-state index >= 15 is 0 Å². The number of nitrogens with zero attached hydrogens (tertiary/aromatic N) is 4. The molecule has 2 saturated carbocycles. The molecule has 3 aromatic rings. The second-order valence-corrected chi connectivity index (χ2v) is 11.7. The predicted octanol–water partition coefficient (Wildman–Crippen LogP) is 5.72. The third-order valence-electron chi connectivity index (χ3n) is 9.13. The molecular formula is C30H31F3N4O2. The molecule has 3 heterocycles. The van der Waals surface area contributed by atoms with Gasteiger partial charge in [-0.15, -0.1) is 0 Å². The Labute approximate surface area is 225 Å². The van der Waals surface area contributed by atoms with Crippen LogP contribution in [-0.4, -0.2) is 53.9 Å². The largest absolute Gasteiger partial charge is 0.497 e. The van der Waals surface area contributed by atoms with Gasteiger partial charge in [0.1, 0.15) is 11.4 Å². The second-order valence-electron chi connectivity index (χ2n) is 11.7. The van der Waals surface area contributed by atoms with Crippen molar-refractivity contribution in [1.29, 1.82) is 0 Å². The maximum absolute atomic E-state index is 14.2.